The first kappa shape index (κ1) is 53.0. The molecule has 0 amide bonds. The van der Waals surface area contributed by atoms with Crippen LogP contribution in [-0.4, -0.2) is 105 Å². The van der Waals surface area contributed by atoms with Crippen LogP contribution in [0, 0.1) is 11.8 Å². The molecule has 0 fully saturated rings. The number of ether oxygens (including phenoxy) is 2. The third-order valence-corrected chi connectivity index (χ3v) is 9.22. The standard InChI is InChI=1S/2C10H20O2S.2C7H13O2.2Sn/c2*1-9(2)6-4-3-5-7-13-8-10(11)12;2*1-3-5-6-9-7(8)4-2;;/h2*9H,3-8H2,1-2H3,(H,11,12);2*2-6H2,1H3;;/q;;;;2*+3/p-2. The topological polar surface area (TPSA) is 133 Å². The van der Waals surface area contributed by atoms with Gasteiger partial charge in [0.15, 0.2) is 0 Å². The molecule has 0 aromatic heterocycles. The molecule has 0 aliphatic heterocycles. The number of esters is 2. The monoisotopic (exact) mass is 904 g/mol. The zero-order chi connectivity index (χ0) is 35.8. The Hall–Kier alpha value is 0.177. The van der Waals surface area contributed by atoms with E-state index in [2.05, 4.69) is 41.5 Å². The van der Waals surface area contributed by atoms with Gasteiger partial charge in [-0.2, -0.15) is 23.5 Å². The average molecular weight is 902 g/mol. The van der Waals surface area contributed by atoms with Crippen LogP contribution in [0.4, 0.5) is 0 Å². The summed E-state index contributed by atoms with van der Waals surface area (Å²) in [5, 5.41) is 20.1. The molecule has 264 valence electrons. The minimum absolute atomic E-state index is 0.0368. The van der Waals surface area contributed by atoms with Crippen LogP contribution in [0.15, 0.2) is 0 Å². The van der Waals surface area contributed by atoms with Gasteiger partial charge in [-0.3, -0.25) is 0 Å². The molecule has 46 heavy (non-hydrogen) atoms. The molecular formula is C34H64O8S2Sn2+4. The van der Waals surface area contributed by atoms with Crippen molar-refractivity contribution >= 4 is 92.5 Å². The average Bonchev–Trinajstić information content (AvgIpc) is 2.97. The summed E-state index contributed by atoms with van der Waals surface area (Å²) >= 11 is 5.73. The van der Waals surface area contributed by atoms with E-state index in [1.165, 1.54) is 107 Å². The summed E-state index contributed by atoms with van der Waals surface area (Å²) in [7, 11) is 0. The molecule has 0 N–H and O–H groups in total. The van der Waals surface area contributed by atoms with E-state index in [-0.39, 0.29) is 23.4 Å². The van der Waals surface area contributed by atoms with Crippen molar-refractivity contribution in [2.45, 2.75) is 140 Å². The summed E-state index contributed by atoms with van der Waals surface area (Å²) < 4.78 is 11.7. The Morgan fingerprint density at radius 2 is 0.935 bits per heavy atom. The van der Waals surface area contributed by atoms with Crippen LogP contribution in [0.1, 0.15) is 131 Å². The van der Waals surface area contributed by atoms with Crippen LogP contribution < -0.4 is 10.2 Å². The molecular weight excluding hydrogens is 838 g/mol. The number of hydrogen-bond donors (Lipinski definition) is 0. The van der Waals surface area contributed by atoms with Gasteiger partial charge in [-0.15, -0.1) is 0 Å². The Labute approximate surface area is 317 Å². The first-order chi connectivity index (χ1) is 21.9. The Bertz CT molecular complexity index is 628. The molecule has 0 saturated heterocycles. The number of aliphatic carboxylic acids is 2. The fourth-order valence-corrected chi connectivity index (χ4v) is 5.79. The number of hydrogen-bond acceptors (Lipinski definition) is 10. The zero-order valence-corrected chi connectivity index (χ0v) is 37.1. The summed E-state index contributed by atoms with van der Waals surface area (Å²) in [5.74, 6) is 1.79. The first-order valence-electron chi connectivity index (χ1n) is 17.0. The number of carboxylic acids is 2. The molecule has 0 heterocycles. The number of carbonyl (C=O) groups excluding carboxylic acids is 4. The molecule has 0 spiro atoms. The predicted octanol–water partition coefficient (Wildman–Crippen LogP) is 5.99. The molecule has 0 bridgehead atoms. The Balaban J connectivity index is -0.000000258. The Morgan fingerprint density at radius 3 is 1.20 bits per heavy atom. The molecule has 0 aliphatic carbocycles. The van der Waals surface area contributed by atoms with Crippen LogP contribution in [0.5, 0.6) is 0 Å². The van der Waals surface area contributed by atoms with Crippen molar-refractivity contribution in [1.29, 1.82) is 0 Å². The van der Waals surface area contributed by atoms with Crippen molar-refractivity contribution in [3.05, 3.63) is 0 Å². The third kappa shape index (κ3) is 62.9. The number of carbonyl (C=O) groups is 4. The summed E-state index contributed by atoms with van der Waals surface area (Å²) in [6, 6.07) is 0. The molecule has 0 saturated carbocycles. The summed E-state index contributed by atoms with van der Waals surface area (Å²) in [6.45, 7) is 14.3. The number of thioether (sulfide) groups is 2. The molecule has 0 aromatic carbocycles. The molecule has 0 unspecified atom stereocenters. The van der Waals surface area contributed by atoms with E-state index >= 15 is 0 Å². The van der Waals surface area contributed by atoms with Gasteiger partial charge in [-0.05, 0) is 36.2 Å². The van der Waals surface area contributed by atoms with Crippen molar-refractivity contribution in [2.75, 3.05) is 36.2 Å². The van der Waals surface area contributed by atoms with Gasteiger partial charge in [0.25, 0.3) is 0 Å². The Morgan fingerprint density at radius 1 is 0.587 bits per heavy atom. The van der Waals surface area contributed by atoms with E-state index in [0.29, 0.717) is 26.1 Å². The maximum absolute atomic E-state index is 10.7. The zero-order valence-electron chi connectivity index (χ0n) is 29.8. The van der Waals surface area contributed by atoms with Gasteiger partial charge in [0.2, 0.25) is 0 Å². The second kappa shape index (κ2) is 45.2. The SMILES string of the molecule is CC(C)CCCCCSCC(=O)[O-].CC(C)CCCCCSCC(=O)[O-].CCCCOC(=O)C[CH2][Sn+3].CCCCOC(=O)C[CH2][Sn+3]. The molecule has 8 nitrogen and oxygen atoms in total. The van der Waals surface area contributed by atoms with Crippen molar-refractivity contribution in [3.63, 3.8) is 0 Å². The molecule has 0 atom stereocenters. The number of unbranched alkanes of at least 4 members (excludes halogenated alkanes) is 6. The van der Waals surface area contributed by atoms with Gasteiger partial charge >= 0.3 is 151 Å². The fourth-order valence-electron chi connectivity index (χ4n) is 3.19. The van der Waals surface area contributed by atoms with Gasteiger partial charge in [0.1, 0.15) is 0 Å². The van der Waals surface area contributed by atoms with Crippen LogP contribution in [0.3, 0.4) is 0 Å². The molecule has 0 radical (unpaired) electrons. The van der Waals surface area contributed by atoms with Gasteiger partial charge in [-0.25, -0.2) is 0 Å². The van der Waals surface area contributed by atoms with E-state index in [0.717, 1.165) is 70.7 Å². The third-order valence-electron chi connectivity index (χ3n) is 5.76. The first-order valence-corrected chi connectivity index (χ1v) is 23.4. The summed E-state index contributed by atoms with van der Waals surface area (Å²) in [6.07, 6.45) is 15.2. The van der Waals surface area contributed by atoms with Crippen molar-refractivity contribution in [1.82, 2.24) is 0 Å². The predicted molar refractivity (Wildman–Crippen MR) is 193 cm³/mol. The number of rotatable bonds is 26. The summed E-state index contributed by atoms with van der Waals surface area (Å²) in [4.78, 5) is 41.5. The van der Waals surface area contributed by atoms with Gasteiger partial charge in [-0.1, -0.05) is 66.2 Å². The maximum atomic E-state index is 10.7. The fraction of sp³-hybridized carbons (Fsp3) is 0.882. The second-order valence-electron chi connectivity index (χ2n) is 11.5. The van der Waals surface area contributed by atoms with Crippen LogP contribution in [0.2, 0.25) is 8.87 Å². The van der Waals surface area contributed by atoms with Crippen LogP contribution in [-0.2, 0) is 28.7 Å². The van der Waals surface area contributed by atoms with E-state index in [9.17, 15) is 29.4 Å². The van der Waals surface area contributed by atoms with E-state index in [4.69, 9.17) is 9.47 Å². The van der Waals surface area contributed by atoms with Crippen molar-refractivity contribution in [2.24, 2.45) is 11.8 Å². The molecule has 0 aliphatic rings. The van der Waals surface area contributed by atoms with Crippen LogP contribution in [0.25, 0.3) is 0 Å². The molecule has 12 heteroatoms. The van der Waals surface area contributed by atoms with E-state index in [1.54, 1.807) is 0 Å². The number of carboxylic acid groups (broad SMARTS) is 2. The summed E-state index contributed by atoms with van der Waals surface area (Å²) in [5.41, 5.74) is 0. The van der Waals surface area contributed by atoms with E-state index < -0.39 is 11.9 Å². The van der Waals surface area contributed by atoms with Gasteiger partial charge in [0, 0.05) is 11.5 Å². The van der Waals surface area contributed by atoms with Crippen LogP contribution >= 0.6 is 23.5 Å². The molecule has 0 rings (SSSR count). The van der Waals surface area contributed by atoms with Crippen molar-refractivity contribution in [3.8, 4) is 0 Å². The van der Waals surface area contributed by atoms with E-state index in [1.807, 2.05) is 0 Å². The minimum atomic E-state index is -0.952. The molecule has 0 aromatic rings. The Kier molecular flexibility index (Phi) is 52.0. The van der Waals surface area contributed by atoms with Gasteiger partial charge in [0.05, 0.1) is 11.9 Å². The second-order valence-corrected chi connectivity index (χ2v) is 16.5. The van der Waals surface area contributed by atoms with Crippen molar-refractivity contribution < 1.29 is 38.9 Å². The van der Waals surface area contributed by atoms with Gasteiger partial charge < -0.3 is 19.8 Å². The quantitative estimate of drug-likeness (QED) is 0.0580. The normalized spacial score (nSPS) is 10.2.